The first kappa shape index (κ1) is 26.2. The molecule has 2 amide bonds. The molecule has 0 fully saturated rings. The molecule has 4 aromatic rings. The molecule has 0 saturated heterocycles. The van der Waals surface area contributed by atoms with Crippen LogP contribution in [0.3, 0.4) is 0 Å². The van der Waals surface area contributed by atoms with Gasteiger partial charge in [-0.05, 0) is 49.4 Å². The van der Waals surface area contributed by atoms with E-state index in [1.807, 2.05) is 6.92 Å². The monoisotopic (exact) mass is 559 g/mol. The number of pyridine rings is 1. The molecule has 2 aromatic heterocycles. The molecule has 39 heavy (non-hydrogen) atoms. The van der Waals surface area contributed by atoms with E-state index in [9.17, 15) is 14.9 Å². The van der Waals surface area contributed by atoms with Crippen molar-refractivity contribution in [2.75, 3.05) is 19.5 Å². The summed E-state index contributed by atoms with van der Waals surface area (Å²) in [5.41, 5.74) is 3.77. The Bertz CT molecular complexity index is 1640. The summed E-state index contributed by atoms with van der Waals surface area (Å²) < 4.78 is 10.7. The number of carbonyl (C=O) groups is 2. The molecule has 11 heteroatoms. The number of nitriles is 1. The fraction of sp³-hybridized carbons (Fsp3) is 0.179. The van der Waals surface area contributed by atoms with Crippen LogP contribution < -0.4 is 14.8 Å². The Morgan fingerprint density at radius 2 is 1.90 bits per heavy atom. The normalized spacial score (nSPS) is 12.0. The third-order valence-corrected chi connectivity index (χ3v) is 7.58. The maximum atomic E-state index is 13.4. The molecular weight excluding hydrogens is 538 g/mol. The number of aryl methyl sites for hydroxylation is 1. The number of fused-ring (bicyclic) bond motifs is 1. The molecule has 1 aliphatic heterocycles. The van der Waals surface area contributed by atoms with Crippen molar-refractivity contribution in [3.63, 3.8) is 0 Å². The fourth-order valence-corrected chi connectivity index (χ4v) is 5.55. The third kappa shape index (κ3) is 5.14. The van der Waals surface area contributed by atoms with E-state index in [2.05, 4.69) is 21.4 Å². The highest BCUT2D eigenvalue weighted by Crippen LogP contribution is 2.36. The largest absolute Gasteiger partial charge is 0.497 e. The number of anilines is 1. The molecule has 0 bridgehead atoms. The molecule has 9 nitrogen and oxygen atoms in total. The Hall–Kier alpha value is -4.46. The Morgan fingerprint density at radius 1 is 1.08 bits per heavy atom. The van der Waals surface area contributed by atoms with Gasteiger partial charge in [-0.3, -0.25) is 19.9 Å². The lowest BCUT2D eigenvalue weighted by atomic mass is 9.97. The van der Waals surface area contributed by atoms with E-state index in [0.29, 0.717) is 68.3 Å². The van der Waals surface area contributed by atoms with Crippen molar-refractivity contribution in [2.24, 2.45) is 0 Å². The van der Waals surface area contributed by atoms with Gasteiger partial charge in [0.25, 0.3) is 11.8 Å². The number of hydrogen-bond acceptors (Lipinski definition) is 8. The molecule has 2 aromatic carbocycles. The van der Waals surface area contributed by atoms with Crippen LogP contribution in [0.25, 0.3) is 11.1 Å². The van der Waals surface area contributed by atoms with Crippen LogP contribution in [-0.4, -0.2) is 40.9 Å². The highest BCUT2D eigenvalue weighted by Gasteiger charge is 2.30. The average molecular weight is 560 g/mol. The van der Waals surface area contributed by atoms with Crippen LogP contribution in [0.1, 0.15) is 42.5 Å². The first-order chi connectivity index (χ1) is 18.8. The molecule has 1 N–H and O–H groups in total. The number of amides is 2. The minimum Gasteiger partial charge on any atom is -0.497 e. The molecule has 0 atom stereocenters. The van der Waals surface area contributed by atoms with Gasteiger partial charge in [0.05, 0.1) is 65.7 Å². The third-order valence-electron chi connectivity index (χ3n) is 6.27. The number of rotatable bonds is 6. The quantitative estimate of drug-likeness (QED) is 0.333. The van der Waals surface area contributed by atoms with Crippen molar-refractivity contribution in [2.45, 2.75) is 20.0 Å². The molecule has 0 saturated carbocycles. The van der Waals surface area contributed by atoms with Gasteiger partial charge in [0.1, 0.15) is 11.5 Å². The van der Waals surface area contributed by atoms with E-state index in [1.54, 1.807) is 47.4 Å². The summed E-state index contributed by atoms with van der Waals surface area (Å²) in [5, 5.41) is 13.0. The zero-order valence-corrected chi connectivity index (χ0v) is 22.8. The van der Waals surface area contributed by atoms with Crippen LogP contribution in [0, 0.1) is 18.3 Å². The second-order valence-corrected chi connectivity index (χ2v) is 10.2. The number of nitrogens with zero attached hydrogens (tertiary/aromatic N) is 4. The number of ether oxygens (including phenoxy) is 2. The maximum Gasteiger partial charge on any atom is 0.259 e. The lowest BCUT2D eigenvalue weighted by Gasteiger charge is -2.17. The summed E-state index contributed by atoms with van der Waals surface area (Å²) in [6.07, 6.45) is 1.50. The van der Waals surface area contributed by atoms with E-state index in [1.165, 1.54) is 31.8 Å². The molecule has 3 heterocycles. The van der Waals surface area contributed by atoms with Gasteiger partial charge in [-0.15, -0.1) is 0 Å². The zero-order valence-electron chi connectivity index (χ0n) is 21.2. The molecule has 0 radical (unpaired) electrons. The van der Waals surface area contributed by atoms with Crippen LogP contribution in [0.15, 0.2) is 48.7 Å². The number of methoxy groups -OCH3 is 2. The van der Waals surface area contributed by atoms with E-state index in [-0.39, 0.29) is 5.91 Å². The SMILES string of the molecule is COc1ccc(C(=O)N2Cc3nc(NC(=O)c4cnc(C)cc4-c4cc(C#N)ccc4OC)sc3C2)c(Cl)c1. The van der Waals surface area contributed by atoms with Crippen molar-refractivity contribution < 1.29 is 19.1 Å². The molecular formula is C28H22ClN5O4S. The minimum atomic E-state index is -0.396. The maximum absolute atomic E-state index is 13.4. The van der Waals surface area contributed by atoms with E-state index < -0.39 is 5.91 Å². The summed E-state index contributed by atoms with van der Waals surface area (Å²) in [5.74, 6) is 0.500. The molecule has 5 rings (SSSR count). The number of halogens is 1. The first-order valence-corrected chi connectivity index (χ1v) is 13.0. The van der Waals surface area contributed by atoms with Crippen molar-refractivity contribution in [3.8, 4) is 28.7 Å². The first-order valence-electron chi connectivity index (χ1n) is 11.8. The van der Waals surface area contributed by atoms with Gasteiger partial charge >= 0.3 is 0 Å². The number of thiazole rings is 1. The van der Waals surface area contributed by atoms with Crippen molar-refractivity contribution in [1.29, 1.82) is 5.26 Å². The van der Waals surface area contributed by atoms with Gasteiger partial charge in [-0.25, -0.2) is 4.98 Å². The lowest BCUT2D eigenvalue weighted by molar-refractivity contribution is 0.0751. The minimum absolute atomic E-state index is 0.206. The topological polar surface area (TPSA) is 117 Å². The van der Waals surface area contributed by atoms with Gasteiger partial charge in [-0.2, -0.15) is 5.26 Å². The molecule has 1 aliphatic rings. The summed E-state index contributed by atoms with van der Waals surface area (Å²) in [4.78, 5) is 37.8. The lowest BCUT2D eigenvalue weighted by Crippen LogP contribution is -2.26. The second-order valence-electron chi connectivity index (χ2n) is 8.75. The molecule has 0 aliphatic carbocycles. The highest BCUT2D eigenvalue weighted by atomic mass is 35.5. The predicted octanol–water partition coefficient (Wildman–Crippen LogP) is 5.46. The summed E-state index contributed by atoms with van der Waals surface area (Å²) >= 11 is 7.61. The molecule has 0 unspecified atom stereocenters. The fourth-order valence-electron chi connectivity index (χ4n) is 4.32. The number of benzene rings is 2. The Morgan fingerprint density at radius 3 is 2.59 bits per heavy atom. The van der Waals surface area contributed by atoms with E-state index >= 15 is 0 Å². The molecule has 0 spiro atoms. The van der Waals surface area contributed by atoms with Crippen LogP contribution in [0.5, 0.6) is 11.5 Å². The standard InChI is InChI=1S/C28H22ClN5O4S/c1-15-8-19(20-9-16(11-30)4-7-24(20)38-3)21(12-31-15)26(35)33-28-32-23-13-34(14-25(23)39-28)27(36)18-6-5-17(37-2)10-22(18)29/h4-10,12H,13-14H2,1-3H3,(H,32,33,35). The zero-order chi connectivity index (χ0) is 27.7. The summed E-state index contributed by atoms with van der Waals surface area (Å²) in [6.45, 7) is 2.49. The number of nitrogens with one attached hydrogen (secondary N) is 1. The smallest absolute Gasteiger partial charge is 0.259 e. The Balaban J connectivity index is 1.36. The van der Waals surface area contributed by atoms with Crippen molar-refractivity contribution in [3.05, 3.63) is 86.6 Å². The van der Waals surface area contributed by atoms with Crippen LogP contribution in [-0.2, 0) is 13.1 Å². The van der Waals surface area contributed by atoms with Crippen LogP contribution >= 0.6 is 22.9 Å². The van der Waals surface area contributed by atoms with Crippen molar-refractivity contribution >= 4 is 39.9 Å². The highest BCUT2D eigenvalue weighted by molar-refractivity contribution is 7.16. The Kier molecular flexibility index (Phi) is 7.19. The second kappa shape index (κ2) is 10.7. The van der Waals surface area contributed by atoms with Crippen LogP contribution in [0.4, 0.5) is 5.13 Å². The van der Waals surface area contributed by atoms with E-state index in [4.69, 9.17) is 21.1 Å². The average Bonchev–Trinajstić information content (AvgIpc) is 3.51. The number of carbonyl (C=O) groups excluding carboxylic acids is 2. The Labute approximate surface area is 233 Å². The van der Waals surface area contributed by atoms with Crippen LogP contribution in [0.2, 0.25) is 5.02 Å². The number of hydrogen-bond donors (Lipinski definition) is 1. The van der Waals surface area contributed by atoms with Gasteiger partial charge in [0.15, 0.2) is 5.13 Å². The summed E-state index contributed by atoms with van der Waals surface area (Å²) in [6, 6.07) is 13.9. The van der Waals surface area contributed by atoms with Crippen molar-refractivity contribution in [1.82, 2.24) is 14.9 Å². The van der Waals surface area contributed by atoms with Gasteiger partial charge in [-0.1, -0.05) is 22.9 Å². The summed E-state index contributed by atoms with van der Waals surface area (Å²) in [7, 11) is 3.07. The molecule has 196 valence electrons. The van der Waals surface area contributed by atoms with Gasteiger partial charge < -0.3 is 14.4 Å². The van der Waals surface area contributed by atoms with E-state index in [0.717, 1.165) is 10.6 Å². The van der Waals surface area contributed by atoms with Gasteiger partial charge in [0.2, 0.25) is 0 Å². The predicted molar refractivity (Wildman–Crippen MR) is 147 cm³/mol. The van der Waals surface area contributed by atoms with Gasteiger partial charge in [0, 0.05) is 23.0 Å². The number of aromatic nitrogens is 2.